The highest BCUT2D eigenvalue weighted by Crippen LogP contribution is 2.39. The molecule has 0 aromatic carbocycles. The van der Waals surface area contributed by atoms with Crippen LogP contribution in [0.25, 0.3) is 0 Å². The summed E-state index contributed by atoms with van der Waals surface area (Å²) in [5, 5.41) is 13.7. The van der Waals surface area contributed by atoms with Crippen molar-refractivity contribution in [3.8, 4) is 0 Å². The molecule has 2 saturated carbocycles. The molecular weight excluding hydrogens is 252 g/mol. The summed E-state index contributed by atoms with van der Waals surface area (Å²) in [6.45, 7) is 8.25. The van der Waals surface area contributed by atoms with E-state index in [4.69, 9.17) is 0 Å². The Bertz CT molecular complexity index is 340. The van der Waals surface area contributed by atoms with Crippen molar-refractivity contribution in [2.24, 2.45) is 5.41 Å². The first-order valence-electron chi connectivity index (χ1n) is 8.08. The average molecular weight is 282 g/mol. The fraction of sp³-hybridized carbons (Fsp3) is 0.938. The molecule has 0 atom stereocenters. The third-order valence-corrected chi connectivity index (χ3v) is 4.91. The van der Waals surface area contributed by atoms with E-state index in [-0.39, 0.29) is 5.91 Å². The maximum absolute atomic E-state index is 12.1. The molecule has 0 heterocycles. The first kappa shape index (κ1) is 15.8. The zero-order chi connectivity index (χ0) is 14.8. The quantitative estimate of drug-likeness (QED) is 0.782. The van der Waals surface area contributed by atoms with E-state index >= 15 is 0 Å². The van der Waals surface area contributed by atoms with E-state index in [9.17, 15) is 9.90 Å². The third kappa shape index (κ3) is 4.19. The minimum atomic E-state index is -0.619. The lowest BCUT2D eigenvalue weighted by Crippen LogP contribution is -2.48. The van der Waals surface area contributed by atoms with E-state index in [2.05, 4.69) is 19.2 Å². The van der Waals surface area contributed by atoms with Crippen molar-refractivity contribution in [1.29, 1.82) is 0 Å². The molecular formula is C16H30N2O2. The molecule has 2 aliphatic rings. The predicted molar refractivity (Wildman–Crippen MR) is 80.5 cm³/mol. The lowest BCUT2D eigenvalue weighted by molar-refractivity contribution is -0.130. The lowest BCUT2D eigenvalue weighted by atomic mass is 9.71. The number of rotatable bonds is 6. The number of carbonyl (C=O) groups excluding carboxylic acids is 1. The van der Waals surface area contributed by atoms with Gasteiger partial charge in [-0.3, -0.25) is 4.79 Å². The van der Waals surface area contributed by atoms with E-state index in [0.29, 0.717) is 24.5 Å². The third-order valence-electron chi connectivity index (χ3n) is 4.91. The summed E-state index contributed by atoms with van der Waals surface area (Å²) in [5.74, 6) is 0.176. The molecule has 116 valence electrons. The van der Waals surface area contributed by atoms with E-state index in [1.165, 1.54) is 0 Å². The molecule has 0 saturated heterocycles. The topological polar surface area (TPSA) is 52.6 Å². The molecule has 4 nitrogen and oxygen atoms in total. The van der Waals surface area contributed by atoms with Crippen LogP contribution in [0.3, 0.4) is 0 Å². The number of hydrogen-bond acceptors (Lipinski definition) is 3. The van der Waals surface area contributed by atoms with Crippen molar-refractivity contribution in [2.45, 2.75) is 70.9 Å². The van der Waals surface area contributed by atoms with Crippen molar-refractivity contribution in [2.75, 3.05) is 19.6 Å². The highest BCUT2D eigenvalue weighted by atomic mass is 16.3. The van der Waals surface area contributed by atoms with Crippen LogP contribution in [0.4, 0.5) is 0 Å². The molecule has 0 radical (unpaired) electrons. The number of likely N-dealkylation sites (N-methyl/N-ethyl adjacent to an activating group) is 1. The minimum absolute atomic E-state index is 0.176. The number of amides is 1. The van der Waals surface area contributed by atoms with Crippen molar-refractivity contribution in [1.82, 2.24) is 10.2 Å². The second-order valence-corrected chi connectivity index (χ2v) is 7.40. The Labute approximate surface area is 122 Å². The van der Waals surface area contributed by atoms with Crippen molar-refractivity contribution >= 4 is 5.91 Å². The standard InChI is InChI=1S/C16H30N2O2/c1-4-18(13-5-6-13)14(19)11-17-12-16(20)9-7-15(2,3)8-10-16/h13,17,20H,4-12H2,1-3H3. The Morgan fingerprint density at radius 3 is 2.35 bits per heavy atom. The van der Waals surface area contributed by atoms with Gasteiger partial charge >= 0.3 is 0 Å². The van der Waals surface area contributed by atoms with Crippen LogP contribution in [0.15, 0.2) is 0 Å². The number of nitrogens with zero attached hydrogens (tertiary/aromatic N) is 1. The second-order valence-electron chi connectivity index (χ2n) is 7.40. The smallest absolute Gasteiger partial charge is 0.236 e. The first-order valence-corrected chi connectivity index (χ1v) is 8.08. The lowest BCUT2D eigenvalue weighted by Gasteiger charge is -2.40. The molecule has 0 aromatic heterocycles. The summed E-state index contributed by atoms with van der Waals surface area (Å²) in [7, 11) is 0. The maximum atomic E-state index is 12.1. The summed E-state index contributed by atoms with van der Waals surface area (Å²) < 4.78 is 0. The summed E-state index contributed by atoms with van der Waals surface area (Å²) in [6.07, 6.45) is 6.09. The largest absolute Gasteiger partial charge is 0.389 e. The van der Waals surface area contributed by atoms with Gasteiger partial charge in [0.25, 0.3) is 0 Å². The van der Waals surface area contributed by atoms with Crippen molar-refractivity contribution < 1.29 is 9.90 Å². The molecule has 0 bridgehead atoms. The van der Waals surface area contributed by atoms with Crippen LogP contribution in [0.5, 0.6) is 0 Å². The van der Waals surface area contributed by atoms with Crippen molar-refractivity contribution in [3.63, 3.8) is 0 Å². The molecule has 0 aliphatic heterocycles. The average Bonchev–Trinajstić information content (AvgIpc) is 3.19. The van der Waals surface area contributed by atoms with Crippen LogP contribution in [-0.4, -0.2) is 47.2 Å². The van der Waals surface area contributed by atoms with Gasteiger partial charge in [0, 0.05) is 19.1 Å². The first-order chi connectivity index (χ1) is 9.35. The van der Waals surface area contributed by atoms with Gasteiger partial charge in [0.2, 0.25) is 5.91 Å². The Morgan fingerprint density at radius 2 is 1.85 bits per heavy atom. The zero-order valence-corrected chi connectivity index (χ0v) is 13.2. The van der Waals surface area contributed by atoms with Gasteiger partial charge in [-0.05, 0) is 50.9 Å². The number of aliphatic hydroxyl groups is 1. The molecule has 0 aromatic rings. The Kier molecular flexibility index (Phi) is 4.75. The SMILES string of the molecule is CCN(C(=O)CNCC1(O)CCC(C)(C)CC1)C1CC1. The van der Waals surface area contributed by atoms with Gasteiger partial charge in [0.15, 0.2) is 0 Å². The van der Waals surface area contributed by atoms with Crippen LogP contribution in [-0.2, 0) is 4.79 Å². The Hall–Kier alpha value is -0.610. The summed E-state index contributed by atoms with van der Waals surface area (Å²) >= 11 is 0. The van der Waals surface area contributed by atoms with E-state index in [1.807, 2.05) is 11.8 Å². The highest BCUT2D eigenvalue weighted by Gasteiger charge is 2.36. The van der Waals surface area contributed by atoms with Crippen LogP contribution in [0, 0.1) is 5.41 Å². The van der Waals surface area contributed by atoms with Gasteiger partial charge < -0.3 is 15.3 Å². The number of carbonyl (C=O) groups is 1. The van der Waals surface area contributed by atoms with Gasteiger partial charge in [-0.25, -0.2) is 0 Å². The Morgan fingerprint density at radius 1 is 1.25 bits per heavy atom. The van der Waals surface area contributed by atoms with Crippen LogP contribution >= 0.6 is 0 Å². The molecule has 2 rings (SSSR count). The monoisotopic (exact) mass is 282 g/mol. The molecule has 1 amide bonds. The maximum Gasteiger partial charge on any atom is 0.236 e. The molecule has 0 unspecified atom stereocenters. The molecule has 2 aliphatic carbocycles. The van der Waals surface area contributed by atoms with Crippen LogP contribution in [0.1, 0.15) is 59.3 Å². The fourth-order valence-electron chi connectivity index (χ4n) is 3.10. The normalized spacial score (nSPS) is 24.4. The highest BCUT2D eigenvalue weighted by molar-refractivity contribution is 5.78. The van der Waals surface area contributed by atoms with E-state index in [0.717, 1.165) is 45.1 Å². The number of hydrogen-bond donors (Lipinski definition) is 2. The molecule has 2 N–H and O–H groups in total. The van der Waals surface area contributed by atoms with Gasteiger partial charge in [-0.2, -0.15) is 0 Å². The van der Waals surface area contributed by atoms with Gasteiger partial charge in [-0.15, -0.1) is 0 Å². The van der Waals surface area contributed by atoms with E-state index in [1.54, 1.807) is 0 Å². The van der Waals surface area contributed by atoms with Crippen LogP contribution < -0.4 is 5.32 Å². The predicted octanol–water partition coefficient (Wildman–Crippen LogP) is 1.92. The van der Waals surface area contributed by atoms with Gasteiger partial charge in [-0.1, -0.05) is 13.8 Å². The molecule has 2 fully saturated rings. The van der Waals surface area contributed by atoms with Gasteiger partial charge in [0.05, 0.1) is 12.1 Å². The summed E-state index contributed by atoms with van der Waals surface area (Å²) in [5.41, 5.74) is -0.264. The molecule has 4 heteroatoms. The molecule has 20 heavy (non-hydrogen) atoms. The fourth-order valence-corrected chi connectivity index (χ4v) is 3.10. The number of nitrogens with one attached hydrogen (secondary N) is 1. The minimum Gasteiger partial charge on any atom is -0.389 e. The summed E-state index contributed by atoms with van der Waals surface area (Å²) in [6, 6.07) is 0.480. The second kappa shape index (κ2) is 6.02. The Balaban J connectivity index is 1.71. The van der Waals surface area contributed by atoms with Gasteiger partial charge in [0.1, 0.15) is 0 Å². The van der Waals surface area contributed by atoms with Crippen LogP contribution in [0.2, 0.25) is 0 Å². The summed E-state index contributed by atoms with van der Waals surface area (Å²) in [4.78, 5) is 14.0. The van der Waals surface area contributed by atoms with Crippen molar-refractivity contribution in [3.05, 3.63) is 0 Å². The molecule has 0 spiro atoms. The van der Waals surface area contributed by atoms with E-state index < -0.39 is 5.60 Å². The zero-order valence-electron chi connectivity index (χ0n) is 13.2.